The number of methoxy groups -OCH3 is 2. The summed E-state index contributed by atoms with van der Waals surface area (Å²) >= 11 is 0. The van der Waals surface area contributed by atoms with E-state index in [9.17, 15) is 0 Å². The van der Waals surface area contributed by atoms with Crippen molar-refractivity contribution in [2.75, 3.05) is 14.2 Å². The minimum Gasteiger partial charge on any atom is -0.497 e. The molecular formula is C30H42N10O2Os. The van der Waals surface area contributed by atoms with Gasteiger partial charge in [0, 0.05) is 122 Å². The van der Waals surface area contributed by atoms with Crippen LogP contribution in [0.1, 0.15) is 14.9 Å². The second-order valence-electron chi connectivity index (χ2n) is 8.22. The normalized spacial score (nSPS) is 9.07. The first-order valence-electron chi connectivity index (χ1n) is 12.2. The second-order valence-corrected chi connectivity index (χ2v) is 8.22. The molecule has 0 fully saturated rings. The van der Waals surface area contributed by atoms with Gasteiger partial charge in [0.2, 0.25) is 0 Å². The fraction of sp³-hybridized carbons (Fsp3) is 0.267. The zero-order chi connectivity index (χ0) is 28.7. The number of imidazole rings is 4. The summed E-state index contributed by atoms with van der Waals surface area (Å²) in [6.07, 6.45) is 21.5. The maximum Gasteiger partial charge on any atom is 0.176 e. The SMILES string of the molecule is C.C.COc1ccncc1.COc1ccncc1.Cn1ccnc1-c1nccn1C.Cn1ccnc1-c1nccn1C.[Os]. The summed E-state index contributed by atoms with van der Waals surface area (Å²) in [6.45, 7) is 0. The molecule has 6 heterocycles. The molecule has 0 unspecified atom stereocenters. The molecule has 0 N–H and O–H groups in total. The molecular weight excluding hydrogens is 723 g/mol. The van der Waals surface area contributed by atoms with E-state index >= 15 is 0 Å². The van der Waals surface area contributed by atoms with Crippen molar-refractivity contribution < 1.29 is 29.3 Å². The molecule has 0 aliphatic heterocycles. The van der Waals surface area contributed by atoms with Crippen LogP contribution in [0.15, 0.2) is 98.6 Å². The number of hydrogen-bond donors (Lipinski definition) is 0. The molecule has 0 atom stereocenters. The maximum atomic E-state index is 4.87. The van der Waals surface area contributed by atoms with Crippen LogP contribution in [0.2, 0.25) is 0 Å². The standard InChI is InChI=1S/2C8H10N4.2C6H7NO.2CH4.Os/c2*1-11-5-3-9-7(11)8-10-4-6-12(8)2;2*1-8-6-2-4-7-5-3-6;;;/h2*3-6H,1-2H3;2*2-5H,1H3;2*1H4;. The number of hydrogen-bond acceptors (Lipinski definition) is 8. The molecule has 0 aliphatic carbocycles. The van der Waals surface area contributed by atoms with Crippen LogP contribution >= 0.6 is 0 Å². The molecule has 6 rings (SSSR count). The molecule has 0 spiro atoms. The summed E-state index contributed by atoms with van der Waals surface area (Å²) in [4.78, 5) is 24.4. The van der Waals surface area contributed by atoms with E-state index in [0.717, 1.165) is 34.8 Å². The van der Waals surface area contributed by atoms with E-state index in [1.54, 1.807) is 88.1 Å². The van der Waals surface area contributed by atoms with Gasteiger partial charge in [0.1, 0.15) is 11.5 Å². The molecule has 0 aromatic carbocycles. The molecule has 0 saturated heterocycles. The van der Waals surface area contributed by atoms with Gasteiger partial charge in [0.25, 0.3) is 0 Å². The van der Waals surface area contributed by atoms with Gasteiger partial charge in [-0.05, 0) is 24.3 Å². The summed E-state index contributed by atoms with van der Waals surface area (Å²) < 4.78 is 17.5. The van der Waals surface area contributed by atoms with Crippen LogP contribution in [0.25, 0.3) is 23.3 Å². The Labute approximate surface area is 267 Å². The van der Waals surface area contributed by atoms with Crippen molar-refractivity contribution in [2.24, 2.45) is 28.2 Å². The number of pyridine rings is 2. The van der Waals surface area contributed by atoms with E-state index in [1.807, 2.05) is 71.2 Å². The molecule has 0 saturated carbocycles. The zero-order valence-electron chi connectivity index (χ0n) is 23.9. The monoisotopic (exact) mass is 766 g/mol. The molecule has 12 nitrogen and oxygen atoms in total. The Kier molecular flexibility index (Phi) is 18.1. The topological polar surface area (TPSA) is 116 Å². The van der Waals surface area contributed by atoms with Crippen molar-refractivity contribution >= 4 is 0 Å². The van der Waals surface area contributed by atoms with Crippen LogP contribution in [-0.4, -0.2) is 62.4 Å². The molecule has 0 radical (unpaired) electrons. The van der Waals surface area contributed by atoms with Gasteiger partial charge in [-0.2, -0.15) is 0 Å². The summed E-state index contributed by atoms with van der Waals surface area (Å²) in [5.74, 6) is 5.26. The van der Waals surface area contributed by atoms with Gasteiger partial charge in [-0.25, -0.2) is 19.9 Å². The Bertz CT molecular complexity index is 1340. The van der Waals surface area contributed by atoms with Crippen molar-refractivity contribution in [3.05, 3.63) is 98.6 Å². The summed E-state index contributed by atoms with van der Waals surface area (Å²) in [5.41, 5.74) is 0. The molecule has 6 aromatic rings. The summed E-state index contributed by atoms with van der Waals surface area (Å²) in [7, 11) is 11.1. The second kappa shape index (κ2) is 20.3. The number of aromatic nitrogens is 10. The quantitative estimate of drug-likeness (QED) is 0.244. The first kappa shape index (κ1) is 38.4. The van der Waals surface area contributed by atoms with Gasteiger partial charge >= 0.3 is 0 Å². The molecule has 0 amide bonds. The fourth-order valence-electron chi connectivity index (χ4n) is 3.27. The van der Waals surface area contributed by atoms with Crippen LogP contribution < -0.4 is 9.47 Å². The first-order chi connectivity index (χ1) is 19.4. The Morgan fingerprint density at radius 3 is 0.814 bits per heavy atom. The zero-order valence-corrected chi connectivity index (χ0v) is 26.4. The van der Waals surface area contributed by atoms with Crippen LogP contribution in [-0.2, 0) is 48.0 Å². The molecule has 232 valence electrons. The molecule has 43 heavy (non-hydrogen) atoms. The van der Waals surface area contributed by atoms with Crippen molar-refractivity contribution in [3.8, 4) is 34.8 Å². The Hall–Kier alpha value is -4.62. The number of rotatable bonds is 4. The van der Waals surface area contributed by atoms with Crippen LogP contribution in [0.3, 0.4) is 0 Å². The van der Waals surface area contributed by atoms with Gasteiger partial charge in [-0.15, -0.1) is 0 Å². The van der Waals surface area contributed by atoms with E-state index in [2.05, 4.69) is 29.9 Å². The minimum absolute atomic E-state index is 0. The molecule has 13 heteroatoms. The van der Waals surface area contributed by atoms with E-state index in [-0.39, 0.29) is 34.6 Å². The molecule has 0 bridgehead atoms. The average molecular weight is 765 g/mol. The van der Waals surface area contributed by atoms with Crippen molar-refractivity contribution in [3.63, 3.8) is 0 Å². The number of aryl methyl sites for hydroxylation is 4. The third kappa shape index (κ3) is 11.6. The smallest absolute Gasteiger partial charge is 0.176 e. The van der Waals surface area contributed by atoms with Crippen LogP contribution in [0, 0.1) is 0 Å². The third-order valence-corrected chi connectivity index (χ3v) is 5.46. The van der Waals surface area contributed by atoms with E-state index < -0.39 is 0 Å². The Morgan fingerprint density at radius 1 is 0.442 bits per heavy atom. The third-order valence-electron chi connectivity index (χ3n) is 5.46. The predicted molar refractivity (Wildman–Crippen MR) is 166 cm³/mol. The number of ether oxygens (including phenoxy) is 2. The summed E-state index contributed by atoms with van der Waals surface area (Å²) in [6, 6.07) is 7.22. The van der Waals surface area contributed by atoms with E-state index in [1.165, 1.54) is 0 Å². The fourth-order valence-corrected chi connectivity index (χ4v) is 3.27. The van der Waals surface area contributed by atoms with Crippen LogP contribution in [0.4, 0.5) is 0 Å². The average Bonchev–Trinajstić information content (AvgIpc) is 3.80. The van der Waals surface area contributed by atoms with Gasteiger partial charge in [0.05, 0.1) is 14.2 Å². The summed E-state index contributed by atoms with van der Waals surface area (Å²) in [5, 5.41) is 0. The van der Waals surface area contributed by atoms with Crippen molar-refractivity contribution in [1.82, 2.24) is 48.2 Å². The van der Waals surface area contributed by atoms with Crippen molar-refractivity contribution in [1.29, 1.82) is 0 Å². The minimum atomic E-state index is 0. The predicted octanol–water partition coefficient (Wildman–Crippen LogP) is 5.09. The Balaban J connectivity index is 0.000000544. The molecule has 0 aliphatic rings. The van der Waals surface area contributed by atoms with Gasteiger partial charge in [-0.1, -0.05) is 14.9 Å². The van der Waals surface area contributed by atoms with E-state index in [0.29, 0.717) is 0 Å². The van der Waals surface area contributed by atoms with Crippen molar-refractivity contribution in [2.45, 2.75) is 14.9 Å². The maximum absolute atomic E-state index is 4.87. The number of nitrogens with zero attached hydrogens (tertiary/aromatic N) is 10. The Morgan fingerprint density at radius 2 is 0.674 bits per heavy atom. The van der Waals surface area contributed by atoms with Gasteiger partial charge in [-0.3, -0.25) is 9.97 Å². The van der Waals surface area contributed by atoms with Gasteiger partial charge < -0.3 is 27.7 Å². The first-order valence-corrected chi connectivity index (χ1v) is 12.2. The van der Waals surface area contributed by atoms with Crippen LogP contribution in [0.5, 0.6) is 11.5 Å². The van der Waals surface area contributed by atoms with E-state index in [4.69, 9.17) is 9.47 Å². The van der Waals surface area contributed by atoms with Gasteiger partial charge in [0.15, 0.2) is 23.3 Å². The largest absolute Gasteiger partial charge is 0.497 e. The molecule has 6 aromatic heterocycles.